The molecule has 152 valence electrons. The molecular weight excluding hydrogens is 386 g/mol. The number of methoxy groups -OCH3 is 1. The Morgan fingerprint density at radius 3 is 2.59 bits per heavy atom. The number of hydrogen-bond donors (Lipinski definition) is 3. The van der Waals surface area contributed by atoms with Crippen LogP contribution in [0, 0.1) is 0 Å². The Bertz CT molecular complexity index is 879. The number of carbonyl (C=O) groups is 2. The van der Waals surface area contributed by atoms with Crippen molar-refractivity contribution in [2.75, 3.05) is 19.0 Å². The van der Waals surface area contributed by atoms with Gasteiger partial charge in [-0.3, -0.25) is 14.9 Å². The average Bonchev–Trinajstić information content (AvgIpc) is 2.72. The fourth-order valence-corrected chi connectivity index (χ4v) is 2.64. The van der Waals surface area contributed by atoms with Crippen molar-refractivity contribution in [1.82, 2.24) is 10.6 Å². The van der Waals surface area contributed by atoms with Crippen LogP contribution in [0.25, 0.3) is 6.08 Å². The van der Waals surface area contributed by atoms with Crippen LogP contribution >= 0.6 is 12.2 Å². The fraction of sp³-hybridized carbons (Fsp3) is 0.227. The molecule has 2 amide bonds. The van der Waals surface area contributed by atoms with Crippen molar-refractivity contribution in [3.63, 3.8) is 0 Å². The van der Waals surface area contributed by atoms with E-state index in [-0.39, 0.29) is 16.9 Å². The zero-order valence-corrected chi connectivity index (χ0v) is 17.3. The molecule has 6 nitrogen and oxygen atoms in total. The maximum Gasteiger partial charge on any atom is 0.251 e. The van der Waals surface area contributed by atoms with E-state index in [1.807, 2.05) is 24.3 Å². The summed E-state index contributed by atoms with van der Waals surface area (Å²) in [5.41, 5.74) is 2.01. The largest absolute Gasteiger partial charge is 0.497 e. The van der Waals surface area contributed by atoms with Crippen LogP contribution < -0.4 is 20.7 Å². The van der Waals surface area contributed by atoms with Crippen LogP contribution in [0.15, 0.2) is 54.6 Å². The molecule has 0 aliphatic carbocycles. The van der Waals surface area contributed by atoms with Gasteiger partial charge in [-0.15, -0.1) is 0 Å². The molecule has 0 radical (unpaired) electrons. The quantitative estimate of drug-likeness (QED) is 0.350. The second-order valence-electron chi connectivity index (χ2n) is 6.24. The highest BCUT2D eigenvalue weighted by Gasteiger charge is 2.07. The van der Waals surface area contributed by atoms with E-state index in [4.69, 9.17) is 17.0 Å². The summed E-state index contributed by atoms with van der Waals surface area (Å²) in [6, 6.07) is 14.3. The summed E-state index contributed by atoms with van der Waals surface area (Å²) >= 11 is 5.18. The molecule has 2 aromatic rings. The summed E-state index contributed by atoms with van der Waals surface area (Å²) in [6.45, 7) is 2.71. The van der Waals surface area contributed by atoms with Crippen LogP contribution in [0.2, 0.25) is 0 Å². The summed E-state index contributed by atoms with van der Waals surface area (Å²) < 4.78 is 5.10. The predicted molar refractivity (Wildman–Crippen MR) is 120 cm³/mol. The molecule has 0 unspecified atom stereocenters. The lowest BCUT2D eigenvalue weighted by Gasteiger charge is -2.10. The predicted octanol–water partition coefficient (Wildman–Crippen LogP) is 3.75. The molecule has 0 saturated heterocycles. The smallest absolute Gasteiger partial charge is 0.251 e. The normalized spacial score (nSPS) is 10.4. The molecule has 0 aliphatic heterocycles. The van der Waals surface area contributed by atoms with Crippen molar-refractivity contribution >= 4 is 40.9 Å². The number of carbonyl (C=O) groups excluding carboxylic acids is 2. The first-order valence-corrected chi connectivity index (χ1v) is 9.75. The van der Waals surface area contributed by atoms with Gasteiger partial charge >= 0.3 is 0 Å². The maximum atomic E-state index is 12.1. The molecule has 29 heavy (non-hydrogen) atoms. The third-order valence-electron chi connectivity index (χ3n) is 3.98. The number of ether oxygens (including phenoxy) is 1. The Balaban J connectivity index is 1.87. The Kier molecular flexibility index (Phi) is 8.85. The van der Waals surface area contributed by atoms with E-state index >= 15 is 0 Å². The molecule has 0 spiro atoms. The maximum absolute atomic E-state index is 12.1. The van der Waals surface area contributed by atoms with Crippen LogP contribution in [-0.2, 0) is 4.79 Å². The average molecular weight is 412 g/mol. The van der Waals surface area contributed by atoms with Gasteiger partial charge < -0.3 is 15.4 Å². The van der Waals surface area contributed by atoms with Crippen molar-refractivity contribution < 1.29 is 14.3 Å². The molecule has 3 N–H and O–H groups in total. The zero-order chi connectivity index (χ0) is 21.1. The number of thiocarbonyl (C=S) groups is 1. The standard InChI is InChI=1S/C22H25N3O3S/c1-3-4-14-23-21(27)17-6-5-7-18(15-17)24-22(29)25-20(26)13-10-16-8-11-19(28-2)12-9-16/h5-13,15H,3-4,14H2,1-2H3,(H,23,27)(H2,24,25,26,29)/b13-10+. The lowest BCUT2D eigenvalue weighted by molar-refractivity contribution is -0.115. The topological polar surface area (TPSA) is 79.5 Å². The number of rotatable bonds is 8. The lowest BCUT2D eigenvalue weighted by Crippen LogP contribution is -2.33. The summed E-state index contributed by atoms with van der Waals surface area (Å²) in [4.78, 5) is 24.2. The van der Waals surface area contributed by atoms with Gasteiger partial charge in [0, 0.05) is 23.9 Å². The molecule has 2 aromatic carbocycles. The van der Waals surface area contributed by atoms with Gasteiger partial charge in [-0.05, 0) is 60.6 Å². The highest BCUT2D eigenvalue weighted by atomic mass is 32.1. The molecule has 2 rings (SSSR count). The summed E-state index contributed by atoms with van der Waals surface area (Å²) in [5.74, 6) is 0.254. The number of nitrogens with one attached hydrogen (secondary N) is 3. The van der Waals surface area contributed by atoms with Gasteiger partial charge in [-0.25, -0.2) is 0 Å². The van der Waals surface area contributed by atoms with Crippen LogP contribution in [-0.4, -0.2) is 30.6 Å². The Labute approximate surface area is 176 Å². The van der Waals surface area contributed by atoms with E-state index in [1.165, 1.54) is 6.08 Å². The molecule has 7 heteroatoms. The summed E-state index contributed by atoms with van der Waals surface area (Å²) in [5, 5.41) is 8.52. The number of unbranched alkanes of at least 4 members (excludes halogenated alkanes) is 1. The minimum atomic E-state index is -0.355. The first-order valence-electron chi connectivity index (χ1n) is 9.34. The summed E-state index contributed by atoms with van der Waals surface area (Å²) in [6.07, 6.45) is 5.03. The Morgan fingerprint density at radius 1 is 1.14 bits per heavy atom. The first kappa shape index (κ1) is 22.1. The van der Waals surface area contributed by atoms with Gasteiger partial charge in [-0.1, -0.05) is 31.5 Å². The molecule has 0 atom stereocenters. The van der Waals surface area contributed by atoms with Gasteiger partial charge in [0.2, 0.25) is 5.91 Å². The van der Waals surface area contributed by atoms with Gasteiger partial charge in [0.1, 0.15) is 5.75 Å². The Hall–Kier alpha value is -3.19. The minimum Gasteiger partial charge on any atom is -0.497 e. The van der Waals surface area contributed by atoms with E-state index in [0.29, 0.717) is 17.8 Å². The van der Waals surface area contributed by atoms with E-state index in [1.54, 1.807) is 37.5 Å². The van der Waals surface area contributed by atoms with E-state index < -0.39 is 0 Å². The highest BCUT2D eigenvalue weighted by Crippen LogP contribution is 2.12. The lowest BCUT2D eigenvalue weighted by atomic mass is 10.2. The number of amides is 2. The van der Waals surface area contributed by atoms with Crippen molar-refractivity contribution in [3.8, 4) is 5.75 Å². The molecule has 0 aliphatic rings. The monoisotopic (exact) mass is 411 g/mol. The third-order valence-corrected chi connectivity index (χ3v) is 4.18. The zero-order valence-electron chi connectivity index (χ0n) is 16.5. The molecule has 0 bridgehead atoms. The van der Waals surface area contributed by atoms with Crippen molar-refractivity contribution in [1.29, 1.82) is 0 Å². The van der Waals surface area contributed by atoms with Crippen LogP contribution in [0.1, 0.15) is 35.7 Å². The second kappa shape index (κ2) is 11.6. The van der Waals surface area contributed by atoms with E-state index in [0.717, 1.165) is 24.2 Å². The van der Waals surface area contributed by atoms with Gasteiger partial charge in [-0.2, -0.15) is 0 Å². The SMILES string of the molecule is CCCCNC(=O)c1cccc(NC(=S)NC(=O)/C=C/c2ccc(OC)cc2)c1. The van der Waals surface area contributed by atoms with Crippen LogP contribution in [0.5, 0.6) is 5.75 Å². The highest BCUT2D eigenvalue weighted by molar-refractivity contribution is 7.80. The molecule has 0 fully saturated rings. The minimum absolute atomic E-state index is 0.139. The van der Waals surface area contributed by atoms with E-state index in [9.17, 15) is 9.59 Å². The van der Waals surface area contributed by atoms with Crippen molar-refractivity contribution in [3.05, 3.63) is 65.7 Å². The molecule has 0 aromatic heterocycles. The summed E-state index contributed by atoms with van der Waals surface area (Å²) in [7, 11) is 1.60. The fourth-order valence-electron chi connectivity index (χ4n) is 2.42. The molecule has 0 saturated carbocycles. The van der Waals surface area contributed by atoms with Gasteiger partial charge in [0.25, 0.3) is 5.91 Å². The number of benzene rings is 2. The van der Waals surface area contributed by atoms with Crippen LogP contribution in [0.3, 0.4) is 0 Å². The number of hydrogen-bond acceptors (Lipinski definition) is 4. The van der Waals surface area contributed by atoms with Crippen LogP contribution in [0.4, 0.5) is 5.69 Å². The third kappa shape index (κ3) is 7.75. The van der Waals surface area contributed by atoms with Gasteiger partial charge in [0.05, 0.1) is 7.11 Å². The second-order valence-corrected chi connectivity index (χ2v) is 6.65. The van der Waals surface area contributed by atoms with E-state index in [2.05, 4.69) is 22.9 Å². The first-order chi connectivity index (χ1) is 14.0. The van der Waals surface area contributed by atoms with Gasteiger partial charge in [0.15, 0.2) is 5.11 Å². The Morgan fingerprint density at radius 2 is 1.90 bits per heavy atom. The van der Waals surface area contributed by atoms with Crippen molar-refractivity contribution in [2.45, 2.75) is 19.8 Å². The van der Waals surface area contributed by atoms with Crippen molar-refractivity contribution in [2.24, 2.45) is 0 Å². The molecular formula is C22H25N3O3S. The number of anilines is 1. The molecule has 0 heterocycles.